The number of carbonyl (C=O) groups excluding carboxylic acids is 1. The molecule has 1 aliphatic heterocycles. The molecule has 0 radical (unpaired) electrons. The van der Waals surface area contributed by atoms with Crippen LogP contribution in [0.3, 0.4) is 0 Å². The molecule has 2 heterocycles. The first-order valence-electron chi connectivity index (χ1n) is 3.37. The predicted octanol–water partition coefficient (Wildman–Crippen LogP) is -1.23. The highest BCUT2D eigenvalue weighted by Gasteiger charge is 2.20. The largest absolute Gasteiger partial charge is 0.363 e. The van der Waals surface area contributed by atoms with Crippen molar-refractivity contribution in [2.75, 3.05) is 5.12 Å². The maximum atomic E-state index is 10.7. The van der Waals surface area contributed by atoms with Crippen molar-refractivity contribution in [2.24, 2.45) is 10.8 Å². The average molecular weight is 198 g/mol. The van der Waals surface area contributed by atoms with E-state index in [4.69, 9.17) is 5.73 Å². The normalized spacial score (nSPS) is 14.8. The van der Waals surface area contributed by atoms with E-state index in [9.17, 15) is 4.79 Å². The lowest BCUT2D eigenvalue weighted by atomic mass is 10.6. The Morgan fingerprint density at radius 2 is 2.54 bits per heavy atom. The number of nitrogens with one attached hydrogen (secondary N) is 2. The average Bonchev–Trinajstić information content (AvgIpc) is 2.75. The fourth-order valence-electron chi connectivity index (χ4n) is 0.783. The van der Waals surface area contributed by atoms with Gasteiger partial charge in [-0.15, -0.1) is 21.6 Å². The molecular formula is C5H6N6OS. The number of nitrogens with zero attached hydrogens (tertiary/aromatic N) is 3. The number of thiazole rings is 1. The van der Waals surface area contributed by atoms with E-state index in [0.717, 1.165) is 0 Å². The molecule has 68 valence electrons. The summed E-state index contributed by atoms with van der Waals surface area (Å²) in [6, 6.07) is 0. The van der Waals surface area contributed by atoms with Crippen LogP contribution >= 0.6 is 11.3 Å². The summed E-state index contributed by atoms with van der Waals surface area (Å²) in [5.41, 5.74) is 10.2. The van der Waals surface area contributed by atoms with Crippen LogP contribution < -0.4 is 21.8 Å². The van der Waals surface area contributed by atoms with Gasteiger partial charge in [-0.2, -0.15) is 5.53 Å². The second-order valence-corrected chi connectivity index (χ2v) is 3.06. The van der Waals surface area contributed by atoms with E-state index in [0.29, 0.717) is 5.13 Å². The Hall–Kier alpha value is -1.83. The Balaban J connectivity index is 2.07. The van der Waals surface area contributed by atoms with E-state index < -0.39 is 5.91 Å². The molecule has 0 fully saturated rings. The number of rotatable bonds is 2. The number of carbonyl (C=O) groups is 1. The van der Waals surface area contributed by atoms with Crippen LogP contribution in [0.15, 0.2) is 16.7 Å². The Bertz CT molecular complexity index is 346. The molecule has 0 spiro atoms. The van der Waals surface area contributed by atoms with Crippen molar-refractivity contribution in [3.05, 3.63) is 11.6 Å². The highest BCUT2D eigenvalue weighted by Crippen LogP contribution is 2.14. The van der Waals surface area contributed by atoms with Gasteiger partial charge in [0.25, 0.3) is 5.91 Å². The van der Waals surface area contributed by atoms with E-state index in [1.807, 2.05) is 0 Å². The fourth-order valence-corrected chi connectivity index (χ4v) is 1.34. The third kappa shape index (κ3) is 1.38. The van der Waals surface area contributed by atoms with Gasteiger partial charge >= 0.3 is 0 Å². The maximum Gasteiger partial charge on any atom is 0.287 e. The number of primary amides is 1. The number of nitrogens with two attached hydrogens (primary N) is 1. The van der Waals surface area contributed by atoms with Gasteiger partial charge in [-0.25, -0.2) is 4.98 Å². The van der Waals surface area contributed by atoms with E-state index in [-0.39, 0.29) is 5.84 Å². The quantitative estimate of drug-likeness (QED) is 0.553. The first kappa shape index (κ1) is 7.80. The van der Waals surface area contributed by atoms with Crippen molar-refractivity contribution in [3.63, 3.8) is 0 Å². The smallest absolute Gasteiger partial charge is 0.287 e. The van der Waals surface area contributed by atoms with Crippen molar-refractivity contribution in [1.29, 1.82) is 0 Å². The third-order valence-corrected chi connectivity index (χ3v) is 2.08. The molecule has 1 amide bonds. The van der Waals surface area contributed by atoms with Gasteiger partial charge in [-0.05, 0) is 0 Å². The Morgan fingerprint density at radius 1 is 1.69 bits per heavy atom. The second kappa shape index (κ2) is 2.90. The molecule has 0 bridgehead atoms. The van der Waals surface area contributed by atoms with Gasteiger partial charge in [0.15, 0.2) is 0 Å². The number of amidine groups is 1. The Morgan fingerprint density at radius 3 is 3.08 bits per heavy atom. The molecule has 13 heavy (non-hydrogen) atoms. The fraction of sp³-hybridized carbons (Fsp3) is 0. The van der Waals surface area contributed by atoms with Crippen LogP contribution in [0.4, 0.5) is 5.13 Å². The minimum absolute atomic E-state index is 0.0650. The summed E-state index contributed by atoms with van der Waals surface area (Å²) in [6.07, 6.45) is 1.64. The van der Waals surface area contributed by atoms with Gasteiger partial charge in [-0.3, -0.25) is 10.2 Å². The molecule has 1 aromatic rings. The maximum absolute atomic E-state index is 10.7. The van der Waals surface area contributed by atoms with Crippen molar-refractivity contribution in [3.8, 4) is 0 Å². The molecule has 7 nitrogen and oxygen atoms in total. The minimum atomic E-state index is -0.619. The lowest BCUT2D eigenvalue weighted by molar-refractivity contribution is -0.112. The molecular weight excluding hydrogens is 192 g/mol. The number of amides is 1. The Labute approximate surface area is 77.2 Å². The summed E-state index contributed by atoms with van der Waals surface area (Å²) >= 11 is 1.40. The van der Waals surface area contributed by atoms with Crippen molar-refractivity contribution < 1.29 is 4.79 Å². The summed E-state index contributed by atoms with van der Waals surface area (Å²) in [7, 11) is 0. The predicted molar refractivity (Wildman–Crippen MR) is 47.5 cm³/mol. The van der Waals surface area contributed by atoms with Crippen LogP contribution in [0, 0.1) is 0 Å². The summed E-state index contributed by atoms with van der Waals surface area (Å²) < 4.78 is 0. The molecule has 0 saturated heterocycles. The van der Waals surface area contributed by atoms with E-state index in [2.05, 4.69) is 21.0 Å². The van der Waals surface area contributed by atoms with Gasteiger partial charge < -0.3 is 5.73 Å². The lowest BCUT2D eigenvalue weighted by Crippen LogP contribution is -2.45. The molecule has 0 aliphatic carbocycles. The summed E-state index contributed by atoms with van der Waals surface area (Å²) in [5.74, 6) is -0.554. The zero-order valence-corrected chi connectivity index (χ0v) is 7.21. The number of hydrazine groups is 2. The van der Waals surface area contributed by atoms with E-state index in [1.54, 1.807) is 11.6 Å². The molecule has 0 saturated carbocycles. The van der Waals surface area contributed by atoms with Gasteiger partial charge in [-0.1, -0.05) is 0 Å². The highest BCUT2D eigenvalue weighted by atomic mass is 32.1. The van der Waals surface area contributed by atoms with Crippen LogP contribution in [-0.2, 0) is 4.79 Å². The van der Waals surface area contributed by atoms with Crippen LogP contribution in [0.2, 0.25) is 0 Å². The summed E-state index contributed by atoms with van der Waals surface area (Å²) in [4.78, 5) is 14.6. The van der Waals surface area contributed by atoms with Crippen LogP contribution in [-0.4, -0.2) is 16.7 Å². The van der Waals surface area contributed by atoms with Crippen molar-refractivity contribution >= 4 is 28.2 Å². The van der Waals surface area contributed by atoms with Crippen molar-refractivity contribution in [1.82, 2.24) is 15.9 Å². The number of hydrogen-bond acceptors (Lipinski definition) is 7. The number of anilines is 1. The van der Waals surface area contributed by atoms with E-state index >= 15 is 0 Å². The lowest BCUT2D eigenvalue weighted by Gasteiger charge is -2.12. The van der Waals surface area contributed by atoms with Crippen LogP contribution in [0.1, 0.15) is 0 Å². The first-order chi connectivity index (χ1) is 6.27. The number of hydrazone groups is 1. The molecule has 4 N–H and O–H groups in total. The van der Waals surface area contributed by atoms with Gasteiger partial charge in [0.1, 0.15) is 0 Å². The second-order valence-electron chi connectivity index (χ2n) is 2.19. The summed E-state index contributed by atoms with van der Waals surface area (Å²) in [6.45, 7) is 0. The van der Waals surface area contributed by atoms with Crippen molar-refractivity contribution in [2.45, 2.75) is 0 Å². The standard InChI is InChI=1S/C5H6N6OS/c6-3(12)4-8-10-11(9-4)5-7-1-2-13-5/h1-2,10H,(H2,6,12)(H,8,9). The van der Waals surface area contributed by atoms with E-state index in [1.165, 1.54) is 16.5 Å². The topological polar surface area (TPSA) is 95.6 Å². The molecule has 0 aromatic carbocycles. The number of hydrogen-bond donors (Lipinski definition) is 3. The third-order valence-electron chi connectivity index (χ3n) is 1.32. The molecule has 1 aliphatic rings. The monoisotopic (exact) mass is 198 g/mol. The van der Waals surface area contributed by atoms with Crippen LogP contribution in [0.5, 0.6) is 0 Å². The number of aromatic nitrogens is 1. The Kier molecular flexibility index (Phi) is 1.74. The van der Waals surface area contributed by atoms with Gasteiger partial charge in [0, 0.05) is 11.6 Å². The zero-order chi connectivity index (χ0) is 9.26. The van der Waals surface area contributed by atoms with Gasteiger partial charge in [0.2, 0.25) is 11.0 Å². The molecule has 2 rings (SSSR count). The molecule has 0 unspecified atom stereocenters. The minimum Gasteiger partial charge on any atom is -0.363 e. The SMILES string of the molecule is NC(=O)C1=NNN(c2nccs2)N1. The molecule has 8 heteroatoms. The summed E-state index contributed by atoms with van der Waals surface area (Å²) in [5, 5.41) is 7.51. The first-order valence-corrected chi connectivity index (χ1v) is 4.25. The van der Waals surface area contributed by atoms with Gasteiger partial charge in [0.05, 0.1) is 0 Å². The highest BCUT2D eigenvalue weighted by molar-refractivity contribution is 7.13. The molecule has 1 aromatic heterocycles. The van der Waals surface area contributed by atoms with Crippen LogP contribution in [0.25, 0.3) is 0 Å². The molecule has 0 atom stereocenters. The zero-order valence-electron chi connectivity index (χ0n) is 6.39.